The Morgan fingerprint density at radius 3 is 2.71 bits per heavy atom. The fourth-order valence-corrected chi connectivity index (χ4v) is 3.68. The molecule has 1 aromatic heterocycles. The number of amides is 1. The van der Waals surface area contributed by atoms with Crippen molar-refractivity contribution >= 4 is 26.6 Å². The quantitative estimate of drug-likeness (QED) is 0.332. The zero-order chi connectivity index (χ0) is 22.9. The molecule has 31 heavy (non-hydrogen) atoms. The fourth-order valence-electron chi connectivity index (χ4n) is 2.83. The standard InChI is InChI=1S/C20H20FN3O6S/c1-19(18(25)23-27,31(2,28)29)7-8-24-11-15-9-14(16(21)10-17(15)22-24)5-3-4-6-20(26)12-30-13-20/h9-11,26-27H,7-8,12-13H2,1-2H3,(H,23,25). The van der Waals surface area contributed by atoms with E-state index in [1.54, 1.807) is 6.20 Å². The van der Waals surface area contributed by atoms with E-state index in [0.717, 1.165) is 6.26 Å². The number of hydrogen-bond acceptors (Lipinski definition) is 7. The van der Waals surface area contributed by atoms with Gasteiger partial charge >= 0.3 is 0 Å². The van der Waals surface area contributed by atoms with Gasteiger partial charge < -0.3 is 9.84 Å². The zero-order valence-electron chi connectivity index (χ0n) is 16.8. The Labute approximate surface area is 178 Å². The van der Waals surface area contributed by atoms with Crippen molar-refractivity contribution in [2.75, 3.05) is 19.5 Å². The number of rotatable bonds is 5. The summed E-state index contributed by atoms with van der Waals surface area (Å²) in [6, 6.07) is 2.66. The first-order valence-corrected chi connectivity index (χ1v) is 11.0. The van der Waals surface area contributed by atoms with Gasteiger partial charge in [0.05, 0.1) is 24.3 Å². The third-order valence-electron chi connectivity index (χ3n) is 5.10. The molecule has 2 heterocycles. The smallest absolute Gasteiger partial charge is 0.264 e. The molecule has 164 valence electrons. The van der Waals surface area contributed by atoms with Crippen LogP contribution in [0.4, 0.5) is 4.39 Å². The van der Waals surface area contributed by atoms with Crippen molar-refractivity contribution in [2.45, 2.75) is 30.2 Å². The summed E-state index contributed by atoms with van der Waals surface area (Å²) in [5.41, 5.74) is 0.586. The number of aryl methyl sites for hydroxylation is 1. The maximum atomic E-state index is 14.3. The van der Waals surface area contributed by atoms with Crippen LogP contribution in [0.2, 0.25) is 0 Å². The van der Waals surface area contributed by atoms with Gasteiger partial charge in [-0.3, -0.25) is 14.7 Å². The molecule has 0 aliphatic carbocycles. The van der Waals surface area contributed by atoms with Gasteiger partial charge in [-0.2, -0.15) is 5.10 Å². The predicted octanol–water partition coefficient (Wildman–Crippen LogP) is -0.00960. The summed E-state index contributed by atoms with van der Waals surface area (Å²) in [5.74, 6) is 8.45. The van der Waals surface area contributed by atoms with Crippen LogP contribution in [-0.4, -0.2) is 64.2 Å². The Balaban J connectivity index is 1.81. The van der Waals surface area contributed by atoms with Crippen molar-refractivity contribution in [2.24, 2.45) is 0 Å². The van der Waals surface area contributed by atoms with Crippen LogP contribution in [0.25, 0.3) is 10.9 Å². The topological polar surface area (TPSA) is 131 Å². The van der Waals surface area contributed by atoms with E-state index in [9.17, 15) is 22.7 Å². The molecule has 1 saturated heterocycles. The highest BCUT2D eigenvalue weighted by molar-refractivity contribution is 7.92. The highest BCUT2D eigenvalue weighted by Gasteiger charge is 2.43. The SMILES string of the molecule is CC(CCn1cc2cc(C#CC#CC3(O)COC3)c(F)cc2n1)(C(=O)NO)S(C)(=O)=O. The summed E-state index contributed by atoms with van der Waals surface area (Å²) in [7, 11) is -3.84. The minimum absolute atomic E-state index is 0.0282. The minimum atomic E-state index is -3.84. The molecule has 1 amide bonds. The predicted molar refractivity (Wildman–Crippen MR) is 108 cm³/mol. The van der Waals surface area contributed by atoms with E-state index in [1.807, 2.05) is 0 Å². The summed E-state index contributed by atoms with van der Waals surface area (Å²) >= 11 is 0. The number of hydrogen-bond donors (Lipinski definition) is 3. The molecule has 0 radical (unpaired) electrons. The summed E-state index contributed by atoms with van der Waals surface area (Å²) in [6.07, 6.45) is 2.31. The van der Waals surface area contributed by atoms with Crippen molar-refractivity contribution in [3.63, 3.8) is 0 Å². The average Bonchev–Trinajstić information content (AvgIpc) is 3.07. The molecule has 0 spiro atoms. The summed E-state index contributed by atoms with van der Waals surface area (Å²) in [5, 5.41) is 23.4. The molecule has 1 aliphatic heterocycles. The second-order valence-corrected chi connectivity index (χ2v) is 9.95. The number of carbonyl (C=O) groups is 1. The number of sulfone groups is 1. The Kier molecular flexibility index (Phi) is 6.07. The molecule has 1 unspecified atom stereocenters. The average molecular weight is 449 g/mol. The van der Waals surface area contributed by atoms with Crippen LogP contribution in [0.15, 0.2) is 18.3 Å². The molecule has 9 nitrogen and oxygen atoms in total. The number of carbonyl (C=O) groups excluding carboxylic acids is 1. The van der Waals surface area contributed by atoms with Crippen molar-refractivity contribution in [3.05, 3.63) is 29.7 Å². The molecule has 1 fully saturated rings. The molecule has 1 atom stereocenters. The first-order chi connectivity index (χ1) is 14.5. The minimum Gasteiger partial charge on any atom is -0.373 e. The number of fused-ring (bicyclic) bond motifs is 1. The summed E-state index contributed by atoms with van der Waals surface area (Å²) < 4.78 is 42.8. The van der Waals surface area contributed by atoms with Crippen molar-refractivity contribution in [1.82, 2.24) is 15.3 Å². The molecule has 1 aromatic carbocycles. The van der Waals surface area contributed by atoms with Gasteiger partial charge in [-0.05, 0) is 43.1 Å². The van der Waals surface area contributed by atoms with Crippen LogP contribution in [0, 0.1) is 29.5 Å². The highest BCUT2D eigenvalue weighted by Crippen LogP contribution is 2.23. The number of aromatic nitrogens is 2. The van der Waals surface area contributed by atoms with E-state index in [-0.39, 0.29) is 31.7 Å². The second kappa shape index (κ2) is 8.29. The molecule has 0 bridgehead atoms. The number of hydroxylamine groups is 1. The highest BCUT2D eigenvalue weighted by atomic mass is 32.2. The van der Waals surface area contributed by atoms with Gasteiger partial charge in [-0.1, -0.05) is 0 Å². The first-order valence-electron chi connectivity index (χ1n) is 9.12. The molecule has 11 heteroatoms. The van der Waals surface area contributed by atoms with Crippen LogP contribution in [-0.2, 0) is 25.9 Å². The lowest BCUT2D eigenvalue weighted by atomic mass is 10.0. The molecule has 3 rings (SSSR count). The number of ether oxygens (including phenoxy) is 1. The molecular weight excluding hydrogens is 429 g/mol. The number of benzene rings is 1. The largest absolute Gasteiger partial charge is 0.373 e. The third kappa shape index (κ3) is 4.70. The van der Waals surface area contributed by atoms with Gasteiger partial charge in [0.2, 0.25) is 0 Å². The molecule has 3 N–H and O–H groups in total. The number of nitrogens with one attached hydrogen (secondary N) is 1. The second-order valence-electron chi connectivity index (χ2n) is 7.50. The number of halogens is 1. The lowest BCUT2D eigenvalue weighted by molar-refractivity contribution is -0.140. The van der Waals surface area contributed by atoms with Crippen molar-refractivity contribution < 1.29 is 32.7 Å². The van der Waals surface area contributed by atoms with Crippen molar-refractivity contribution in [1.29, 1.82) is 0 Å². The van der Waals surface area contributed by atoms with Crippen molar-refractivity contribution in [3.8, 4) is 23.7 Å². The van der Waals surface area contributed by atoms with E-state index in [0.29, 0.717) is 10.9 Å². The maximum absolute atomic E-state index is 14.3. The molecule has 0 saturated carbocycles. The van der Waals surface area contributed by atoms with Gasteiger partial charge in [0, 0.05) is 30.4 Å². The van der Waals surface area contributed by atoms with Crippen LogP contribution >= 0.6 is 0 Å². The summed E-state index contributed by atoms with van der Waals surface area (Å²) in [6.45, 7) is 1.46. The fraction of sp³-hybridized carbons (Fsp3) is 0.400. The Hall–Kier alpha value is -2.96. The lowest BCUT2D eigenvalue weighted by Gasteiger charge is -2.30. The van der Waals surface area contributed by atoms with Crippen LogP contribution in [0.1, 0.15) is 18.9 Å². The van der Waals surface area contributed by atoms with E-state index in [4.69, 9.17) is 9.94 Å². The molecular formula is C20H20FN3O6S. The van der Waals surface area contributed by atoms with E-state index < -0.39 is 31.9 Å². The Morgan fingerprint density at radius 2 is 2.13 bits per heavy atom. The van der Waals surface area contributed by atoms with Gasteiger partial charge in [0.15, 0.2) is 20.2 Å². The Morgan fingerprint density at radius 1 is 1.42 bits per heavy atom. The normalized spacial score (nSPS) is 16.8. The lowest BCUT2D eigenvalue weighted by Crippen LogP contribution is -2.49. The van der Waals surface area contributed by atoms with Crippen LogP contribution in [0.3, 0.4) is 0 Å². The van der Waals surface area contributed by atoms with Crippen LogP contribution in [0.5, 0.6) is 0 Å². The zero-order valence-corrected chi connectivity index (χ0v) is 17.6. The first kappa shape index (κ1) is 22.7. The molecule has 2 aromatic rings. The number of nitrogens with zero attached hydrogens (tertiary/aromatic N) is 2. The van der Waals surface area contributed by atoms with E-state index in [1.165, 1.54) is 29.2 Å². The van der Waals surface area contributed by atoms with Crippen LogP contribution < -0.4 is 5.48 Å². The van der Waals surface area contributed by atoms with E-state index >= 15 is 0 Å². The van der Waals surface area contributed by atoms with Gasteiger partial charge in [0.1, 0.15) is 5.82 Å². The van der Waals surface area contributed by atoms with Gasteiger partial charge in [-0.15, -0.1) is 0 Å². The number of aliphatic hydroxyl groups is 1. The van der Waals surface area contributed by atoms with Gasteiger partial charge in [0.25, 0.3) is 5.91 Å². The Bertz CT molecular complexity index is 1260. The third-order valence-corrected chi connectivity index (χ3v) is 7.12. The monoisotopic (exact) mass is 449 g/mol. The molecule has 1 aliphatic rings. The van der Waals surface area contributed by atoms with E-state index in [2.05, 4.69) is 28.8 Å². The summed E-state index contributed by atoms with van der Waals surface area (Å²) in [4.78, 5) is 11.9. The maximum Gasteiger partial charge on any atom is 0.264 e. The van der Waals surface area contributed by atoms with Gasteiger partial charge in [-0.25, -0.2) is 18.3 Å².